The summed E-state index contributed by atoms with van der Waals surface area (Å²) in [6, 6.07) is 33.2. The van der Waals surface area contributed by atoms with Crippen molar-refractivity contribution in [3.63, 3.8) is 0 Å². The Morgan fingerprint density at radius 3 is 2.15 bits per heavy atom. The Balaban J connectivity index is 1.14. The lowest BCUT2D eigenvalue weighted by atomic mass is 10.1. The number of carbonyl (C=O) groups excluding carboxylic acids is 2. The summed E-state index contributed by atoms with van der Waals surface area (Å²) in [6.07, 6.45) is 1.69. The average molecular weight is 662 g/mol. The summed E-state index contributed by atoms with van der Waals surface area (Å²) < 4.78 is 33.4. The molecule has 6 rings (SSSR count). The van der Waals surface area contributed by atoms with Crippen LogP contribution in [0, 0.1) is 13.8 Å². The number of amides is 2. The molecule has 0 unspecified atom stereocenters. The number of rotatable bonds is 9. The molecule has 0 spiro atoms. The van der Waals surface area contributed by atoms with Gasteiger partial charge < -0.3 is 10.1 Å². The molecule has 1 heterocycles. The molecule has 5 aromatic carbocycles. The first-order chi connectivity index (χ1) is 22.6. The van der Waals surface area contributed by atoms with Crippen LogP contribution in [0.2, 0.25) is 0 Å². The van der Waals surface area contributed by atoms with Crippen molar-refractivity contribution in [3.8, 4) is 5.75 Å². The summed E-state index contributed by atoms with van der Waals surface area (Å²) in [6.45, 7) is 4.28. The zero-order valence-corrected chi connectivity index (χ0v) is 27.3. The highest BCUT2D eigenvalue weighted by atomic mass is 32.2. The molecule has 2 amide bonds. The van der Waals surface area contributed by atoms with E-state index in [1.54, 1.807) is 36.4 Å². The molecular weight excluding hydrogens is 631 g/mol. The molecule has 1 fully saturated rings. The van der Waals surface area contributed by atoms with Crippen molar-refractivity contribution in [1.82, 2.24) is 10.0 Å². The predicted octanol–water partition coefficient (Wildman–Crippen LogP) is 6.97. The molecule has 1 saturated heterocycles. The van der Waals surface area contributed by atoms with Gasteiger partial charge in [0.2, 0.25) is 5.91 Å². The van der Waals surface area contributed by atoms with Crippen molar-refractivity contribution in [2.75, 3.05) is 0 Å². The normalized spacial score (nSPS) is 14.8. The number of fused-ring (bicyclic) bond motifs is 1. The first-order valence-electron chi connectivity index (χ1n) is 14.8. The van der Waals surface area contributed by atoms with E-state index in [0.29, 0.717) is 33.7 Å². The van der Waals surface area contributed by atoms with Gasteiger partial charge >= 0.3 is 0 Å². The maximum absolute atomic E-state index is 13.0. The third-order valence-corrected chi connectivity index (χ3v) is 9.74. The summed E-state index contributed by atoms with van der Waals surface area (Å²) in [7, 11) is -3.96. The van der Waals surface area contributed by atoms with Crippen LogP contribution in [-0.2, 0) is 32.6 Å². The van der Waals surface area contributed by atoms with Crippen molar-refractivity contribution in [2.24, 2.45) is 4.99 Å². The second-order valence-electron chi connectivity index (χ2n) is 11.2. The third kappa shape index (κ3) is 7.97. The number of carbonyl (C=O) groups is 2. The van der Waals surface area contributed by atoms with Crippen LogP contribution in [0.3, 0.4) is 0 Å². The van der Waals surface area contributed by atoms with Crippen molar-refractivity contribution >= 4 is 61.3 Å². The monoisotopic (exact) mass is 661 g/mol. The van der Waals surface area contributed by atoms with Crippen molar-refractivity contribution in [3.05, 3.63) is 142 Å². The fourth-order valence-corrected chi connectivity index (χ4v) is 6.71. The van der Waals surface area contributed by atoms with Crippen molar-refractivity contribution in [1.29, 1.82) is 0 Å². The van der Waals surface area contributed by atoms with Gasteiger partial charge in [-0.3, -0.25) is 9.59 Å². The van der Waals surface area contributed by atoms with Crippen LogP contribution in [0.4, 0.5) is 5.69 Å². The number of benzene rings is 5. The topological polar surface area (TPSA) is 114 Å². The Morgan fingerprint density at radius 2 is 1.47 bits per heavy atom. The zero-order valence-electron chi connectivity index (χ0n) is 25.7. The summed E-state index contributed by atoms with van der Waals surface area (Å²) in [5.41, 5.74) is 5.10. The first-order valence-corrected chi connectivity index (χ1v) is 17.1. The summed E-state index contributed by atoms with van der Waals surface area (Å²) in [5.74, 6) is -0.245. The molecular formula is C37H31N3O5S2. The van der Waals surface area contributed by atoms with E-state index < -0.39 is 15.9 Å². The predicted molar refractivity (Wildman–Crippen MR) is 187 cm³/mol. The van der Waals surface area contributed by atoms with Crippen molar-refractivity contribution < 1.29 is 22.7 Å². The fraction of sp³-hybridized carbons (Fsp3) is 0.108. The Morgan fingerprint density at radius 1 is 0.851 bits per heavy atom. The van der Waals surface area contributed by atoms with Gasteiger partial charge in [0.05, 0.1) is 21.9 Å². The number of aliphatic imine (C=N–C) groups is 1. The van der Waals surface area contributed by atoms with Crippen LogP contribution in [0.25, 0.3) is 16.8 Å². The summed E-state index contributed by atoms with van der Waals surface area (Å²) in [4.78, 5) is 30.5. The molecule has 236 valence electrons. The number of amidine groups is 1. The van der Waals surface area contributed by atoms with Crippen LogP contribution in [0.5, 0.6) is 5.75 Å². The molecule has 0 bridgehead atoms. The van der Waals surface area contributed by atoms with Gasteiger partial charge in [-0.25, -0.2) is 18.1 Å². The smallest absolute Gasteiger partial charge is 0.264 e. The number of hydrogen-bond acceptors (Lipinski definition) is 7. The van der Waals surface area contributed by atoms with Crippen LogP contribution < -0.4 is 14.8 Å². The van der Waals surface area contributed by atoms with E-state index in [2.05, 4.69) is 15.0 Å². The molecule has 0 saturated carbocycles. The molecule has 1 aliphatic heterocycles. The Kier molecular flexibility index (Phi) is 9.24. The lowest BCUT2D eigenvalue weighted by Gasteiger charge is -2.12. The number of thioether (sulfide) groups is 1. The molecule has 0 aliphatic carbocycles. The summed E-state index contributed by atoms with van der Waals surface area (Å²) in [5, 5.41) is 5.30. The fourth-order valence-electron chi connectivity index (χ4n) is 4.90. The number of sulfonamides is 1. The van der Waals surface area contributed by atoms with Gasteiger partial charge in [-0.1, -0.05) is 83.9 Å². The highest BCUT2D eigenvalue weighted by molar-refractivity contribution is 8.18. The standard InChI is InChI=1S/C37H31N3O5S2/c1-24-7-11-27(12-8-24)23-45-33-21-29-6-4-3-5-28(29)20-30(33)22-34-36(42)39-37(46-34)38-31-15-13-26(14-16-31)19-35(41)40-47(43,44)32-17-9-25(2)10-18-32/h3-18,20-22H,19,23H2,1-2H3,(H,40,41)(H,38,39,42). The second kappa shape index (κ2) is 13.7. The van der Waals surface area contributed by atoms with Gasteiger partial charge in [-0.05, 0) is 90.0 Å². The number of nitrogens with one attached hydrogen (secondary N) is 2. The molecule has 10 heteroatoms. The van der Waals surface area contributed by atoms with Crippen LogP contribution in [0.15, 0.2) is 124 Å². The minimum atomic E-state index is -3.96. The van der Waals surface area contributed by atoms with E-state index in [9.17, 15) is 18.0 Å². The molecule has 47 heavy (non-hydrogen) atoms. The molecule has 0 atom stereocenters. The molecule has 1 aliphatic rings. The number of aryl methyl sites for hydroxylation is 2. The lowest BCUT2D eigenvalue weighted by Crippen LogP contribution is -2.31. The third-order valence-electron chi connectivity index (χ3n) is 7.44. The van der Waals surface area contributed by atoms with Gasteiger partial charge in [0, 0.05) is 5.56 Å². The number of hydrogen-bond donors (Lipinski definition) is 2. The van der Waals surface area contributed by atoms with E-state index in [4.69, 9.17) is 4.74 Å². The highest BCUT2D eigenvalue weighted by Crippen LogP contribution is 2.33. The van der Waals surface area contributed by atoms with E-state index >= 15 is 0 Å². The minimum absolute atomic E-state index is 0.0266. The van der Waals surface area contributed by atoms with E-state index in [1.807, 2.05) is 80.6 Å². The SMILES string of the molecule is Cc1ccc(COc2cc3ccccc3cc2C=C2SC(=Nc3ccc(CC(=O)NS(=O)(=O)c4ccc(C)cc4)cc3)NC2=O)cc1. The average Bonchev–Trinajstić information content (AvgIpc) is 3.39. The Labute approximate surface area is 277 Å². The zero-order chi connectivity index (χ0) is 33.0. The van der Waals surface area contributed by atoms with Gasteiger partial charge in [-0.15, -0.1) is 0 Å². The van der Waals surface area contributed by atoms with E-state index in [-0.39, 0.29) is 17.2 Å². The van der Waals surface area contributed by atoms with Gasteiger partial charge in [-0.2, -0.15) is 0 Å². The van der Waals surface area contributed by atoms with E-state index in [1.165, 1.54) is 29.5 Å². The minimum Gasteiger partial charge on any atom is -0.488 e. The van der Waals surface area contributed by atoms with Gasteiger partial charge in [0.25, 0.3) is 15.9 Å². The van der Waals surface area contributed by atoms with Crippen molar-refractivity contribution in [2.45, 2.75) is 31.8 Å². The summed E-state index contributed by atoms with van der Waals surface area (Å²) >= 11 is 1.22. The molecule has 0 aromatic heterocycles. The first kappa shape index (κ1) is 31.8. The molecule has 8 nitrogen and oxygen atoms in total. The van der Waals surface area contributed by atoms with Gasteiger partial charge in [0.1, 0.15) is 12.4 Å². The Bertz CT molecular complexity index is 2140. The second-order valence-corrected chi connectivity index (χ2v) is 13.9. The number of nitrogens with zero attached hydrogens (tertiary/aromatic N) is 1. The lowest BCUT2D eigenvalue weighted by molar-refractivity contribution is -0.118. The van der Waals surface area contributed by atoms with Crippen LogP contribution >= 0.6 is 11.8 Å². The van der Waals surface area contributed by atoms with Crippen LogP contribution in [0.1, 0.15) is 27.8 Å². The maximum Gasteiger partial charge on any atom is 0.264 e. The highest BCUT2D eigenvalue weighted by Gasteiger charge is 2.25. The van der Waals surface area contributed by atoms with E-state index in [0.717, 1.165) is 27.5 Å². The molecule has 2 N–H and O–H groups in total. The number of ether oxygens (including phenoxy) is 1. The Hall–Kier alpha value is -5.19. The molecule has 0 radical (unpaired) electrons. The molecule has 5 aromatic rings. The maximum atomic E-state index is 13.0. The van der Waals surface area contributed by atoms with Crippen LogP contribution in [-0.4, -0.2) is 25.4 Å². The quantitative estimate of drug-likeness (QED) is 0.165. The largest absolute Gasteiger partial charge is 0.488 e. The van der Waals surface area contributed by atoms with Gasteiger partial charge in [0.15, 0.2) is 5.17 Å².